The molecule has 126 valence electrons. The molecule has 0 saturated carbocycles. The molecule has 1 unspecified atom stereocenters. The van der Waals surface area contributed by atoms with Crippen LogP contribution in [0.2, 0.25) is 0 Å². The smallest absolute Gasteiger partial charge is 0.493 e. The number of nitrogens with zero attached hydrogens (tertiary/aromatic N) is 2. The second-order valence-corrected chi connectivity index (χ2v) is 7.53. The normalized spacial score (nSPS) is 24.5. The summed E-state index contributed by atoms with van der Waals surface area (Å²) in [5.74, 6) is 0.946. The maximum Gasteiger partial charge on any atom is 0.498 e. The number of rotatable bonds is 2. The fourth-order valence-electron chi connectivity index (χ4n) is 3.22. The molecule has 2 aliphatic heterocycles. The lowest BCUT2D eigenvalue weighted by Crippen LogP contribution is -2.41. The Kier molecular flexibility index (Phi) is 3.51. The van der Waals surface area contributed by atoms with Crippen LogP contribution in [0.1, 0.15) is 45.7 Å². The zero-order valence-corrected chi connectivity index (χ0v) is 14.7. The molecule has 0 aliphatic carbocycles. The van der Waals surface area contributed by atoms with Crippen LogP contribution in [-0.2, 0) is 9.31 Å². The maximum atomic E-state index is 6.12. The van der Waals surface area contributed by atoms with E-state index in [0.717, 1.165) is 17.6 Å². The number of hydrogen-bond donors (Lipinski definition) is 0. The Morgan fingerprint density at radius 2 is 1.83 bits per heavy atom. The third-order valence-corrected chi connectivity index (χ3v) is 5.39. The van der Waals surface area contributed by atoms with Crippen LogP contribution in [0.3, 0.4) is 0 Å². The average Bonchev–Trinajstić information content (AvgIpc) is 3.10. The largest absolute Gasteiger partial charge is 0.498 e. The van der Waals surface area contributed by atoms with Crippen molar-refractivity contribution >= 4 is 12.6 Å². The first-order chi connectivity index (χ1) is 11.4. The van der Waals surface area contributed by atoms with Gasteiger partial charge in [0.05, 0.1) is 23.9 Å². The summed E-state index contributed by atoms with van der Waals surface area (Å²) in [6.45, 7) is 8.95. The first kappa shape index (κ1) is 15.7. The number of para-hydroxylation sites is 1. The van der Waals surface area contributed by atoms with Crippen molar-refractivity contribution in [2.45, 2.75) is 51.4 Å². The predicted octanol–water partition coefficient (Wildman–Crippen LogP) is 2.55. The Labute approximate surface area is 143 Å². The van der Waals surface area contributed by atoms with Gasteiger partial charge in [0.15, 0.2) is 0 Å². The topological polar surface area (TPSA) is 45.5 Å². The van der Waals surface area contributed by atoms with Gasteiger partial charge < -0.3 is 14.0 Å². The molecule has 4 rings (SSSR count). The van der Waals surface area contributed by atoms with E-state index in [2.05, 4.69) is 38.9 Å². The van der Waals surface area contributed by atoms with Gasteiger partial charge in [-0.1, -0.05) is 18.2 Å². The first-order valence-electron chi connectivity index (χ1n) is 8.49. The highest BCUT2D eigenvalue weighted by molar-refractivity contribution is 6.62. The Morgan fingerprint density at radius 1 is 1.12 bits per heavy atom. The number of ether oxygens (including phenoxy) is 1. The molecule has 1 aromatic carbocycles. The quantitative estimate of drug-likeness (QED) is 0.796. The molecule has 1 atom stereocenters. The molecule has 0 amide bonds. The Morgan fingerprint density at radius 3 is 2.58 bits per heavy atom. The molecular weight excluding hydrogens is 303 g/mol. The highest BCUT2D eigenvalue weighted by Gasteiger charge is 2.52. The van der Waals surface area contributed by atoms with E-state index < -0.39 is 0 Å². The molecule has 24 heavy (non-hydrogen) atoms. The summed E-state index contributed by atoms with van der Waals surface area (Å²) in [6.07, 6.45) is 4.79. The fraction of sp³-hybridized carbons (Fsp3) is 0.500. The van der Waals surface area contributed by atoms with Crippen LogP contribution in [0.4, 0.5) is 0 Å². The van der Waals surface area contributed by atoms with Crippen molar-refractivity contribution in [3.63, 3.8) is 0 Å². The van der Waals surface area contributed by atoms with Gasteiger partial charge in [0.1, 0.15) is 5.75 Å². The molecule has 0 N–H and O–H groups in total. The van der Waals surface area contributed by atoms with E-state index in [9.17, 15) is 0 Å². The van der Waals surface area contributed by atoms with Crippen LogP contribution in [0.15, 0.2) is 36.7 Å². The molecule has 5 nitrogen and oxygen atoms in total. The highest BCUT2D eigenvalue weighted by Crippen LogP contribution is 2.37. The minimum Gasteiger partial charge on any atom is -0.493 e. The monoisotopic (exact) mass is 326 g/mol. The fourth-order valence-corrected chi connectivity index (χ4v) is 3.22. The van der Waals surface area contributed by atoms with Crippen molar-refractivity contribution < 1.29 is 14.0 Å². The lowest BCUT2D eigenvalue weighted by molar-refractivity contribution is 0.00578. The van der Waals surface area contributed by atoms with Gasteiger partial charge in [-0.05, 0) is 33.8 Å². The van der Waals surface area contributed by atoms with E-state index in [0.29, 0.717) is 6.61 Å². The van der Waals surface area contributed by atoms with Gasteiger partial charge in [0, 0.05) is 29.8 Å². The molecule has 2 aliphatic rings. The van der Waals surface area contributed by atoms with Crippen LogP contribution in [0, 0.1) is 0 Å². The molecule has 3 heterocycles. The van der Waals surface area contributed by atoms with Crippen molar-refractivity contribution in [1.82, 2.24) is 9.78 Å². The van der Waals surface area contributed by atoms with E-state index in [1.165, 1.54) is 5.56 Å². The summed E-state index contributed by atoms with van der Waals surface area (Å²) >= 11 is 0. The van der Waals surface area contributed by atoms with Crippen molar-refractivity contribution in [2.75, 3.05) is 6.61 Å². The van der Waals surface area contributed by atoms with Gasteiger partial charge in [0.2, 0.25) is 0 Å². The van der Waals surface area contributed by atoms with Crippen LogP contribution in [0.25, 0.3) is 0 Å². The van der Waals surface area contributed by atoms with Crippen molar-refractivity contribution in [2.24, 2.45) is 0 Å². The molecular formula is C18H23BN2O3. The van der Waals surface area contributed by atoms with Crippen molar-refractivity contribution in [3.8, 4) is 5.75 Å². The lowest BCUT2D eigenvalue weighted by atomic mass is 9.82. The Bertz CT molecular complexity index is 740. The molecule has 0 spiro atoms. The first-order valence-corrected chi connectivity index (χ1v) is 8.49. The standard InChI is InChI=1S/C18H23BN2O3/c1-17(2)18(3,4)24-19(23-17)13-11-20-21(12-13)15-9-10-22-16-8-6-5-7-14(15)16/h5-8,11-12,15H,9-10H2,1-4H3. The Hall–Kier alpha value is -1.79. The van der Waals surface area contributed by atoms with Crippen LogP contribution < -0.4 is 10.2 Å². The number of aromatic nitrogens is 2. The highest BCUT2D eigenvalue weighted by atomic mass is 16.7. The summed E-state index contributed by atoms with van der Waals surface area (Å²) < 4.78 is 20.0. The van der Waals surface area contributed by atoms with Crippen LogP contribution in [0.5, 0.6) is 5.75 Å². The van der Waals surface area contributed by atoms with Gasteiger partial charge in [-0.25, -0.2) is 0 Å². The molecule has 1 fully saturated rings. The molecule has 1 saturated heterocycles. The number of benzene rings is 1. The van der Waals surface area contributed by atoms with Gasteiger partial charge in [0.25, 0.3) is 0 Å². The van der Waals surface area contributed by atoms with Crippen LogP contribution >= 0.6 is 0 Å². The van der Waals surface area contributed by atoms with Gasteiger partial charge in [-0.15, -0.1) is 0 Å². The molecule has 0 radical (unpaired) electrons. The zero-order chi connectivity index (χ0) is 16.9. The molecule has 0 bridgehead atoms. The van der Waals surface area contributed by atoms with Crippen LogP contribution in [-0.4, -0.2) is 34.7 Å². The summed E-state index contributed by atoms with van der Waals surface area (Å²) in [5.41, 5.74) is 1.45. The maximum absolute atomic E-state index is 6.12. The zero-order valence-electron chi connectivity index (χ0n) is 14.7. The predicted molar refractivity (Wildman–Crippen MR) is 92.6 cm³/mol. The third kappa shape index (κ3) is 2.45. The third-order valence-electron chi connectivity index (χ3n) is 5.39. The summed E-state index contributed by atoms with van der Waals surface area (Å²) in [5, 5.41) is 4.58. The van der Waals surface area contributed by atoms with E-state index in [1.54, 1.807) is 0 Å². The SMILES string of the molecule is CC1(C)OB(c2cnn(C3CCOc4ccccc43)c2)OC1(C)C. The van der Waals surface area contributed by atoms with E-state index in [4.69, 9.17) is 14.0 Å². The second kappa shape index (κ2) is 5.36. The Balaban J connectivity index is 1.61. The van der Waals surface area contributed by atoms with Gasteiger partial charge in [-0.2, -0.15) is 5.10 Å². The van der Waals surface area contributed by atoms with Gasteiger partial charge >= 0.3 is 7.12 Å². The minimum absolute atomic E-state index is 0.186. The average molecular weight is 326 g/mol. The van der Waals surface area contributed by atoms with E-state index in [1.807, 2.05) is 35.3 Å². The summed E-state index contributed by atoms with van der Waals surface area (Å²) in [6, 6.07) is 8.35. The minimum atomic E-state index is -0.376. The summed E-state index contributed by atoms with van der Waals surface area (Å²) in [7, 11) is -0.376. The number of fused-ring (bicyclic) bond motifs is 1. The molecule has 6 heteroatoms. The van der Waals surface area contributed by atoms with E-state index in [-0.39, 0.29) is 24.4 Å². The van der Waals surface area contributed by atoms with Gasteiger partial charge in [-0.3, -0.25) is 4.68 Å². The molecule has 2 aromatic rings. The second-order valence-electron chi connectivity index (χ2n) is 7.53. The van der Waals surface area contributed by atoms with Crippen molar-refractivity contribution in [3.05, 3.63) is 42.2 Å². The molecule has 1 aromatic heterocycles. The van der Waals surface area contributed by atoms with E-state index >= 15 is 0 Å². The number of hydrogen-bond acceptors (Lipinski definition) is 4. The summed E-state index contributed by atoms with van der Waals surface area (Å²) in [4.78, 5) is 0. The lowest BCUT2D eigenvalue weighted by Gasteiger charge is -2.32. The van der Waals surface area contributed by atoms with Crippen molar-refractivity contribution in [1.29, 1.82) is 0 Å².